The van der Waals surface area contributed by atoms with Gasteiger partial charge in [-0.3, -0.25) is 38.6 Å². The number of carbonyl (C=O) groups is 6. The summed E-state index contributed by atoms with van der Waals surface area (Å²) in [4.78, 5) is 101. The van der Waals surface area contributed by atoms with Crippen LogP contribution in [0.15, 0.2) is 102 Å². The van der Waals surface area contributed by atoms with Gasteiger partial charge in [-0.15, -0.1) is 0 Å². The Kier molecular flexibility index (Phi) is 21.5. The molecule has 3 amide bonds. The molecule has 4 aromatic carbocycles. The first-order chi connectivity index (χ1) is 38.7. The van der Waals surface area contributed by atoms with E-state index in [0.717, 1.165) is 16.7 Å². The highest BCUT2D eigenvalue weighted by molar-refractivity contribution is 5.98. The molecule has 0 bridgehead atoms. The van der Waals surface area contributed by atoms with Crippen molar-refractivity contribution in [3.63, 3.8) is 0 Å². The van der Waals surface area contributed by atoms with Gasteiger partial charge in [0.15, 0.2) is 17.4 Å². The second-order valence-electron chi connectivity index (χ2n) is 23.4. The van der Waals surface area contributed by atoms with E-state index >= 15 is 0 Å². The Morgan fingerprint density at radius 1 is 0.704 bits per heavy atom. The quantitative estimate of drug-likeness (QED) is 0.0259. The second kappa shape index (κ2) is 28.4. The van der Waals surface area contributed by atoms with Gasteiger partial charge >= 0.3 is 5.69 Å². The van der Waals surface area contributed by atoms with Crippen molar-refractivity contribution >= 4 is 35.1 Å². The molecule has 2 saturated heterocycles. The van der Waals surface area contributed by atoms with Crippen LogP contribution in [0.5, 0.6) is 11.5 Å². The highest BCUT2D eigenvalue weighted by atomic mass is 16.6. The molecule has 1 aromatic heterocycles. The standard InChI is InChI=1S/C63H82N8O10/c1-40(2)30-46(53(72)34-47(32-44-16-12-9-13-17-44)61(79)66-52(31-41(3)4)59(78)63(7)39-81-63)33-56(75)51(23-20-43-14-10-8-11-15-43)65-57(76)24-25-64-58(77)38-70-28-26-69(27-29-70)37-45-18-21-48(22-19-45)71-60(67-68-62(71)80)50-35-49(42(5)6)54(73)36-55(50)74/h8-19,21-22,35-36,40-42,46-47,51-52,73-74H,20,23-34,37-39H2,1-7H3,(H,64,77)(H,65,76)(H,66,79)(H,68,80)/t46-,47-,51+,52+,63-/m1/s1. The van der Waals surface area contributed by atoms with E-state index in [9.17, 15) is 43.8 Å². The number of hydrogen-bond acceptors (Lipinski definition) is 13. The average Bonchev–Trinajstić information content (AvgIpc) is 4.23. The van der Waals surface area contributed by atoms with E-state index in [1.54, 1.807) is 13.0 Å². The van der Waals surface area contributed by atoms with Crippen LogP contribution in [-0.2, 0) is 52.9 Å². The fourth-order valence-corrected chi connectivity index (χ4v) is 10.6. The molecule has 2 fully saturated rings. The third-order valence-corrected chi connectivity index (χ3v) is 15.3. The molecule has 7 rings (SSSR count). The molecule has 0 aliphatic carbocycles. The number of aromatic amines is 1. The number of nitrogens with one attached hydrogen (secondary N) is 4. The Hall–Kier alpha value is -7.28. The number of benzene rings is 4. The molecule has 0 spiro atoms. The molecule has 18 heteroatoms. The molecule has 5 atom stereocenters. The number of ketones is 3. The number of aromatic nitrogens is 3. The third-order valence-electron chi connectivity index (χ3n) is 15.3. The normalized spacial score (nSPS) is 17.1. The minimum atomic E-state index is -0.939. The maximum absolute atomic E-state index is 14.5. The van der Waals surface area contributed by atoms with Crippen molar-refractivity contribution in [3.8, 4) is 28.6 Å². The van der Waals surface area contributed by atoms with Crippen LogP contribution in [0.1, 0.15) is 115 Å². The maximum Gasteiger partial charge on any atom is 0.348 e. The van der Waals surface area contributed by atoms with Crippen molar-refractivity contribution in [2.75, 3.05) is 45.9 Å². The summed E-state index contributed by atoms with van der Waals surface area (Å²) in [5.74, 6) is -3.14. The zero-order valence-electron chi connectivity index (χ0n) is 48.0. The number of H-pyrrole nitrogens is 1. The predicted octanol–water partition coefficient (Wildman–Crippen LogP) is 6.83. The van der Waals surface area contributed by atoms with Crippen molar-refractivity contribution in [1.29, 1.82) is 0 Å². The van der Waals surface area contributed by atoms with Gasteiger partial charge in [0.2, 0.25) is 17.7 Å². The van der Waals surface area contributed by atoms with E-state index in [1.165, 1.54) is 10.6 Å². The maximum atomic E-state index is 14.5. The first-order valence-electron chi connectivity index (χ1n) is 28.6. The zero-order valence-corrected chi connectivity index (χ0v) is 48.0. The van der Waals surface area contributed by atoms with Gasteiger partial charge in [-0.25, -0.2) is 14.5 Å². The first kappa shape index (κ1) is 61.3. The number of aromatic hydroxyl groups is 2. The number of nitrogens with zero attached hydrogens (tertiary/aromatic N) is 4. The topological polar surface area (TPSA) is 249 Å². The largest absolute Gasteiger partial charge is 0.508 e. The van der Waals surface area contributed by atoms with E-state index in [4.69, 9.17) is 4.74 Å². The van der Waals surface area contributed by atoms with Crippen LogP contribution < -0.4 is 21.6 Å². The van der Waals surface area contributed by atoms with Crippen LogP contribution in [0.25, 0.3) is 17.1 Å². The lowest BCUT2D eigenvalue weighted by Crippen LogP contribution is -2.49. The molecule has 0 radical (unpaired) electrons. The van der Waals surface area contributed by atoms with Gasteiger partial charge in [0, 0.05) is 76.4 Å². The van der Waals surface area contributed by atoms with Crippen molar-refractivity contribution in [1.82, 2.24) is 40.5 Å². The van der Waals surface area contributed by atoms with Crippen LogP contribution in [0.4, 0.5) is 0 Å². The fraction of sp³-hybridized carbons (Fsp3) is 0.492. The highest BCUT2D eigenvalue weighted by Gasteiger charge is 2.50. The Bertz CT molecular complexity index is 3000. The third kappa shape index (κ3) is 17.6. The second-order valence-corrected chi connectivity index (χ2v) is 23.4. The lowest BCUT2D eigenvalue weighted by Gasteiger charge is -2.34. The summed E-state index contributed by atoms with van der Waals surface area (Å²) in [6.07, 6.45) is 1.57. The van der Waals surface area contributed by atoms with Gasteiger partial charge < -0.3 is 30.9 Å². The minimum absolute atomic E-state index is 0.0325. The van der Waals surface area contributed by atoms with Gasteiger partial charge in [0.1, 0.15) is 22.9 Å². The molecule has 3 heterocycles. The minimum Gasteiger partial charge on any atom is -0.508 e. The lowest BCUT2D eigenvalue weighted by atomic mass is 9.82. The molecule has 2 aliphatic heterocycles. The zero-order chi connectivity index (χ0) is 58.4. The van der Waals surface area contributed by atoms with E-state index in [-0.39, 0.29) is 97.1 Å². The molecular formula is C63H82N8O10. The van der Waals surface area contributed by atoms with Gasteiger partial charge in [0.05, 0.1) is 36.5 Å². The molecular weight excluding hydrogens is 1030 g/mol. The van der Waals surface area contributed by atoms with Crippen LogP contribution >= 0.6 is 0 Å². The van der Waals surface area contributed by atoms with Crippen LogP contribution in [-0.4, -0.2) is 133 Å². The number of Topliss-reactive ketones (excluding diaryl/α,β-unsaturated/α-hetero) is 3. The number of amides is 3. The number of rotatable bonds is 30. The average molecular weight is 1110 g/mol. The van der Waals surface area contributed by atoms with Crippen LogP contribution in [0.3, 0.4) is 0 Å². The predicted molar refractivity (Wildman–Crippen MR) is 310 cm³/mol. The van der Waals surface area contributed by atoms with Crippen molar-refractivity contribution in [2.24, 2.45) is 23.7 Å². The van der Waals surface area contributed by atoms with Gasteiger partial charge in [0.25, 0.3) is 0 Å². The van der Waals surface area contributed by atoms with Crippen LogP contribution in [0.2, 0.25) is 0 Å². The number of epoxide rings is 1. The molecule has 2 aliphatic rings. The summed E-state index contributed by atoms with van der Waals surface area (Å²) in [5, 5.41) is 36.6. The fourth-order valence-electron chi connectivity index (χ4n) is 10.6. The molecule has 0 unspecified atom stereocenters. The number of carbonyl (C=O) groups excluding carboxylic acids is 6. The van der Waals surface area contributed by atoms with E-state index in [1.807, 2.05) is 126 Å². The molecule has 434 valence electrons. The Morgan fingerprint density at radius 2 is 1.32 bits per heavy atom. The summed E-state index contributed by atoms with van der Waals surface area (Å²) < 4.78 is 6.85. The van der Waals surface area contributed by atoms with Gasteiger partial charge in [-0.1, -0.05) is 114 Å². The molecule has 0 saturated carbocycles. The number of phenols is 2. The van der Waals surface area contributed by atoms with Crippen molar-refractivity contribution < 1.29 is 43.7 Å². The molecule has 5 aromatic rings. The first-order valence-corrected chi connectivity index (χ1v) is 28.6. The van der Waals surface area contributed by atoms with Gasteiger partial charge in [-0.2, -0.15) is 5.10 Å². The lowest BCUT2D eigenvalue weighted by molar-refractivity contribution is -0.135. The summed E-state index contributed by atoms with van der Waals surface area (Å²) in [5.41, 5.74) is 2.95. The summed E-state index contributed by atoms with van der Waals surface area (Å²) in [7, 11) is 0. The summed E-state index contributed by atoms with van der Waals surface area (Å²) in [6, 6.07) is 27.8. The highest BCUT2D eigenvalue weighted by Crippen LogP contribution is 2.37. The Morgan fingerprint density at radius 3 is 1.94 bits per heavy atom. The van der Waals surface area contributed by atoms with Crippen LogP contribution in [0, 0.1) is 23.7 Å². The van der Waals surface area contributed by atoms with Gasteiger partial charge in [-0.05, 0) is 97.2 Å². The summed E-state index contributed by atoms with van der Waals surface area (Å²) in [6.45, 7) is 17.4. The van der Waals surface area contributed by atoms with Crippen molar-refractivity contribution in [3.05, 3.63) is 130 Å². The number of ether oxygens (including phenoxy) is 1. The number of hydrogen-bond donors (Lipinski definition) is 6. The molecule has 18 nitrogen and oxygen atoms in total. The number of phenolic OH excluding ortho intramolecular Hbond substituents is 2. The number of piperazine rings is 1. The van der Waals surface area contributed by atoms with E-state index in [2.05, 4.69) is 35.9 Å². The van der Waals surface area contributed by atoms with E-state index < -0.39 is 47.0 Å². The monoisotopic (exact) mass is 1110 g/mol. The van der Waals surface area contributed by atoms with Crippen molar-refractivity contribution in [2.45, 2.75) is 130 Å². The Balaban J connectivity index is 0.909. The smallest absolute Gasteiger partial charge is 0.348 e. The Labute approximate surface area is 475 Å². The molecule has 81 heavy (non-hydrogen) atoms. The van der Waals surface area contributed by atoms with E-state index in [0.29, 0.717) is 81.8 Å². The SMILES string of the molecule is CC(C)C[C@H](CC(=O)[C@H](CCc1ccccc1)NC(=O)CCNC(=O)CN1CCN(Cc2ccc(-n3c(-c4cc(C(C)C)c(O)cc4O)n[nH]c3=O)cc2)CC1)C(=O)C[C@@H](Cc1ccccc1)C(=O)N[C@@H](CC(C)C)C(=O)[C@@]1(C)CO1. The summed E-state index contributed by atoms with van der Waals surface area (Å²) >= 11 is 0. The number of aryl methyl sites for hydroxylation is 1. The molecule has 6 N–H and O–H groups in total.